The third-order valence-corrected chi connectivity index (χ3v) is 4.26. The lowest BCUT2D eigenvalue weighted by molar-refractivity contribution is 0.374. The topological polar surface area (TPSA) is 41.1 Å². The predicted octanol–water partition coefficient (Wildman–Crippen LogP) is 2.05. The quantitative estimate of drug-likeness (QED) is 0.837. The largest absolute Gasteiger partial charge is 0.338 e. The van der Waals surface area contributed by atoms with Gasteiger partial charge < -0.3 is 10.2 Å². The highest BCUT2D eigenvalue weighted by atomic mass is 127. The van der Waals surface area contributed by atoms with Crippen molar-refractivity contribution in [2.24, 2.45) is 5.92 Å². The number of halogens is 1. The third kappa shape index (κ3) is 3.12. The number of hydrogen-bond acceptors (Lipinski definition) is 4. The first kappa shape index (κ1) is 12.6. The minimum atomic E-state index is 0.687. The van der Waals surface area contributed by atoms with Gasteiger partial charge in [-0.1, -0.05) is 0 Å². The van der Waals surface area contributed by atoms with E-state index in [2.05, 4.69) is 42.8 Å². The molecule has 0 amide bonds. The van der Waals surface area contributed by atoms with Crippen molar-refractivity contribution in [3.8, 4) is 0 Å². The van der Waals surface area contributed by atoms with Gasteiger partial charge in [-0.25, -0.2) is 9.97 Å². The fourth-order valence-corrected chi connectivity index (χ4v) is 2.87. The van der Waals surface area contributed by atoms with Crippen molar-refractivity contribution < 1.29 is 0 Å². The molecule has 1 N–H and O–H groups in total. The Kier molecular flexibility index (Phi) is 3.98. The zero-order valence-electron chi connectivity index (χ0n) is 10.5. The zero-order valence-corrected chi connectivity index (χ0v) is 12.6. The Morgan fingerprint density at radius 3 is 2.67 bits per heavy atom. The average molecular weight is 358 g/mol. The van der Waals surface area contributed by atoms with Gasteiger partial charge in [0.1, 0.15) is 0 Å². The number of anilines is 1. The van der Waals surface area contributed by atoms with Crippen molar-refractivity contribution in [2.75, 3.05) is 24.5 Å². The molecule has 0 bridgehead atoms. The van der Waals surface area contributed by atoms with Gasteiger partial charge in [-0.2, -0.15) is 0 Å². The molecule has 2 aliphatic rings. The Balaban J connectivity index is 1.69. The first-order valence-corrected chi connectivity index (χ1v) is 7.86. The van der Waals surface area contributed by atoms with Gasteiger partial charge in [0.2, 0.25) is 5.95 Å². The van der Waals surface area contributed by atoms with E-state index in [0.29, 0.717) is 6.04 Å². The first-order valence-electron chi connectivity index (χ1n) is 6.78. The lowest BCUT2D eigenvalue weighted by atomic mass is 9.99. The third-order valence-electron chi connectivity index (χ3n) is 3.71. The summed E-state index contributed by atoms with van der Waals surface area (Å²) in [5, 5.41) is 3.49. The number of aromatic nitrogens is 2. The lowest BCUT2D eigenvalue weighted by Gasteiger charge is -2.30. The smallest absolute Gasteiger partial charge is 0.225 e. The molecule has 2 fully saturated rings. The maximum Gasteiger partial charge on any atom is 0.225 e. The normalized spacial score (nSPS) is 23.9. The van der Waals surface area contributed by atoms with E-state index in [4.69, 9.17) is 0 Å². The van der Waals surface area contributed by atoms with Crippen molar-refractivity contribution in [3.63, 3.8) is 0 Å². The second-order valence-corrected chi connectivity index (χ2v) is 6.54. The van der Waals surface area contributed by atoms with Crippen LogP contribution in [0.1, 0.15) is 25.7 Å². The summed E-state index contributed by atoms with van der Waals surface area (Å²) in [6.45, 7) is 3.44. The van der Waals surface area contributed by atoms with E-state index in [1.165, 1.54) is 32.2 Å². The summed E-state index contributed by atoms with van der Waals surface area (Å²) in [5.41, 5.74) is 0. The molecule has 0 radical (unpaired) electrons. The standard InChI is InChI=1S/C13H19IN4/c14-11-7-16-13(17-8-11)18(12-3-4-12)9-10-2-1-5-15-6-10/h7-8,10,12,15H,1-6,9H2. The molecule has 3 rings (SSSR count). The molecular weight excluding hydrogens is 339 g/mol. The SMILES string of the molecule is Ic1cnc(N(CC2CCCNC2)C2CC2)nc1. The Labute approximate surface area is 122 Å². The Morgan fingerprint density at radius 2 is 2.06 bits per heavy atom. The maximum absolute atomic E-state index is 4.49. The lowest BCUT2D eigenvalue weighted by Crippen LogP contribution is -2.40. The number of hydrogen-bond donors (Lipinski definition) is 1. The van der Waals surface area contributed by atoms with Crippen LogP contribution in [0.3, 0.4) is 0 Å². The number of piperidine rings is 1. The summed E-state index contributed by atoms with van der Waals surface area (Å²) in [6.07, 6.45) is 9.07. The molecule has 0 aromatic carbocycles. The van der Waals surface area contributed by atoms with Crippen LogP contribution >= 0.6 is 22.6 Å². The summed E-state index contributed by atoms with van der Waals surface area (Å²) >= 11 is 2.25. The van der Waals surface area contributed by atoms with Crippen molar-refractivity contribution in [2.45, 2.75) is 31.7 Å². The van der Waals surface area contributed by atoms with Crippen LogP contribution < -0.4 is 10.2 Å². The first-order chi connectivity index (χ1) is 8.83. The highest BCUT2D eigenvalue weighted by Gasteiger charge is 2.32. The molecule has 2 heterocycles. The maximum atomic E-state index is 4.49. The second-order valence-electron chi connectivity index (χ2n) is 5.30. The fraction of sp³-hybridized carbons (Fsp3) is 0.692. The fourth-order valence-electron chi connectivity index (χ4n) is 2.59. The van der Waals surface area contributed by atoms with E-state index in [1.54, 1.807) is 0 Å². The highest BCUT2D eigenvalue weighted by Crippen LogP contribution is 2.31. The van der Waals surface area contributed by atoms with Gasteiger partial charge in [-0.05, 0) is 67.3 Å². The molecule has 98 valence electrons. The van der Waals surface area contributed by atoms with E-state index in [-0.39, 0.29) is 0 Å². The van der Waals surface area contributed by atoms with Gasteiger partial charge in [0.15, 0.2) is 0 Å². The van der Waals surface area contributed by atoms with Crippen LogP contribution in [0.5, 0.6) is 0 Å². The molecular formula is C13H19IN4. The molecule has 1 aromatic heterocycles. The van der Waals surface area contributed by atoms with E-state index in [9.17, 15) is 0 Å². The van der Waals surface area contributed by atoms with Gasteiger partial charge in [-0.15, -0.1) is 0 Å². The monoisotopic (exact) mass is 358 g/mol. The molecule has 1 aromatic rings. The van der Waals surface area contributed by atoms with E-state index in [0.717, 1.165) is 28.5 Å². The van der Waals surface area contributed by atoms with Crippen LogP contribution in [-0.4, -0.2) is 35.6 Å². The summed E-state index contributed by atoms with van der Waals surface area (Å²) < 4.78 is 1.10. The molecule has 0 spiro atoms. The number of rotatable bonds is 4. The summed E-state index contributed by atoms with van der Waals surface area (Å²) in [7, 11) is 0. The Bertz CT molecular complexity index is 384. The molecule has 1 aliphatic carbocycles. The minimum absolute atomic E-state index is 0.687. The molecule has 1 saturated heterocycles. The van der Waals surface area contributed by atoms with E-state index >= 15 is 0 Å². The van der Waals surface area contributed by atoms with Crippen LogP contribution in [0.15, 0.2) is 12.4 Å². The molecule has 18 heavy (non-hydrogen) atoms. The van der Waals surface area contributed by atoms with Crippen molar-refractivity contribution in [1.82, 2.24) is 15.3 Å². The van der Waals surface area contributed by atoms with Crippen molar-refractivity contribution in [3.05, 3.63) is 16.0 Å². The van der Waals surface area contributed by atoms with Gasteiger partial charge in [0.05, 0.1) is 0 Å². The van der Waals surface area contributed by atoms with Crippen LogP contribution in [0, 0.1) is 9.49 Å². The van der Waals surface area contributed by atoms with Gasteiger partial charge in [0, 0.05) is 28.6 Å². The van der Waals surface area contributed by atoms with Crippen LogP contribution in [0.2, 0.25) is 0 Å². The number of nitrogens with one attached hydrogen (secondary N) is 1. The second kappa shape index (κ2) is 5.69. The molecule has 1 atom stereocenters. The summed E-state index contributed by atoms with van der Waals surface area (Å²) in [4.78, 5) is 11.4. The summed E-state index contributed by atoms with van der Waals surface area (Å²) in [6, 6.07) is 0.687. The molecule has 4 nitrogen and oxygen atoms in total. The zero-order chi connectivity index (χ0) is 12.4. The molecule has 1 saturated carbocycles. The highest BCUT2D eigenvalue weighted by molar-refractivity contribution is 14.1. The minimum Gasteiger partial charge on any atom is -0.338 e. The van der Waals surface area contributed by atoms with E-state index in [1.807, 2.05) is 12.4 Å². The Hall–Kier alpha value is -0.430. The van der Waals surface area contributed by atoms with Crippen LogP contribution in [0.4, 0.5) is 5.95 Å². The van der Waals surface area contributed by atoms with Crippen LogP contribution in [0.25, 0.3) is 0 Å². The van der Waals surface area contributed by atoms with Crippen molar-refractivity contribution in [1.29, 1.82) is 0 Å². The van der Waals surface area contributed by atoms with Gasteiger partial charge >= 0.3 is 0 Å². The molecule has 1 unspecified atom stereocenters. The average Bonchev–Trinajstić information content (AvgIpc) is 3.23. The number of nitrogens with zero attached hydrogens (tertiary/aromatic N) is 3. The Morgan fingerprint density at radius 1 is 1.28 bits per heavy atom. The van der Waals surface area contributed by atoms with Crippen molar-refractivity contribution >= 4 is 28.5 Å². The van der Waals surface area contributed by atoms with E-state index < -0.39 is 0 Å². The predicted molar refractivity (Wildman–Crippen MR) is 80.7 cm³/mol. The summed E-state index contributed by atoms with van der Waals surface area (Å²) in [5.74, 6) is 1.67. The van der Waals surface area contributed by atoms with Gasteiger partial charge in [-0.3, -0.25) is 0 Å². The van der Waals surface area contributed by atoms with Crippen LogP contribution in [-0.2, 0) is 0 Å². The molecule has 5 heteroatoms. The molecule has 1 aliphatic heterocycles. The van der Waals surface area contributed by atoms with Gasteiger partial charge in [0.25, 0.3) is 0 Å².